The molecule has 2 aliphatic rings. The van der Waals surface area contributed by atoms with Gasteiger partial charge in [0.2, 0.25) is 0 Å². The molecule has 0 atom stereocenters. The molecule has 0 bridgehead atoms. The molecule has 2 N–H and O–H groups in total. The van der Waals surface area contributed by atoms with E-state index < -0.39 is 0 Å². The van der Waals surface area contributed by atoms with Crippen molar-refractivity contribution < 1.29 is 14.6 Å². The molecule has 0 unspecified atom stereocenters. The van der Waals surface area contributed by atoms with Crippen LogP contribution in [0.1, 0.15) is 13.3 Å². The highest BCUT2D eigenvalue weighted by atomic mass is 127. The molecule has 1 fully saturated rings. The van der Waals surface area contributed by atoms with E-state index in [4.69, 9.17) is 9.73 Å². The van der Waals surface area contributed by atoms with E-state index in [0.29, 0.717) is 18.8 Å². The van der Waals surface area contributed by atoms with Crippen LogP contribution in [0.4, 0.5) is 11.4 Å². The Morgan fingerprint density at radius 1 is 1.06 bits per heavy atom. The molecule has 1 amide bonds. The first-order valence-corrected chi connectivity index (χ1v) is 11.3. The van der Waals surface area contributed by atoms with Gasteiger partial charge in [-0.25, -0.2) is 0 Å². The summed E-state index contributed by atoms with van der Waals surface area (Å²) in [4.78, 5) is 23.4. The molecule has 0 spiro atoms. The van der Waals surface area contributed by atoms with Crippen LogP contribution >= 0.6 is 24.0 Å². The van der Waals surface area contributed by atoms with E-state index in [0.717, 1.165) is 62.2 Å². The summed E-state index contributed by atoms with van der Waals surface area (Å²) < 4.78 is 5.51. The molecule has 178 valence electrons. The van der Waals surface area contributed by atoms with Gasteiger partial charge in [-0.3, -0.25) is 9.79 Å². The summed E-state index contributed by atoms with van der Waals surface area (Å²) in [7, 11) is 0. The largest absolute Gasteiger partial charge is 0.506 e. The zero-order valence-electron chi connectivity index (χ0n) is 18.9. The number of guanidine groups is 1. The van der Waals surface area contributed by atoms with Crippen molar-refractivity contribution in [1.82, 2.24) is 10.2 Å². The Hall–Kier alpha value is -2.69. The van der Waals surface area contributed by atoms with Crippen molar-refractivity contribution in [3.05, 3.63) is 48.5 Å². The van der Waals surface area contributed by atoms with Crippen LogP contribution < -0.4 is 19.9 Å². The van der Waals surface area contributed by atoms with Crippen LogP contribution in [0.3, 0.4) is 0 Å². The first-order chi connectivity index (χ1) is 15.7. The molecular weight excluding hydrogens is 533 g/mol. The zero-order chi connectivity index (χ0) is 22.3. The smallest absolute Gasteiger partial charge is 0.265 e. The predicted molar refractivity (Wildman–Crippen MR) is 142 cm³/mol. The lowest BCUT2D eigenvalue weighted by molar-refractivity contribution is -0.121. The number of hydrogen-bond donors (Lipinski definition) is 2. The maximum absolute atomic E-state index is 12.3. The summed E-state index contributed by atoms with van der Waals surface area (Å²) in [6.07, 6.45) is 0.771. The Bertz CT molecular complexity index is 963. The maximum atomic E-state index is 12.3. The van der Waals surface area contributed by atoms with E-state index in [9.17, 15) is 9.90 Å². The average Bonchev–Trinajstić information content (AvgIpc) is 2.83. The molecule has 8 nitrogen and oxygen atoms in total. The minimum Gasteiger partial charge on any atom is -0.506 e. The van der Waals surface area contributed by atoms with Crippen molar-refractivity contribution >= 4 is 47.2 Å². The number of para-hydroxylation sites is 4. The molecular formula is C24H32IN5O3. The van der Waals surface area contributed by atoms with Gasteiger partial charge in [0.25, 0.3) is 5.91 Å². The molecule has 0 radical (unpaired) electrons. The standard InChI is InChI=1S/C24H31N5O3.HI/c1-2-25-24(28-16-14-27(15-17-28)19-8-3-5-10-21(19)30)26-12-7-13-29-20-9-4-6-11-22(20)32-18-23(29)31;/h3-6,8-11,30H,2,7,12-18H2,1H3,(H,25,26);1H. The molecule has 2 heterocycles. The second kappa shape index (κ2) is 12.0. The monoisotopic (exact) mass is 565 g/mol. The number of halogens is 1. The van der Waals surface area contributed by atoms with E-state index >= 15 is 0 Å². The number of ether oxygens (including phenoxy) is 1. The minimum atomic E-state index is -0.0140. The van der Waals surface area contributed by atoms with Crippen LogP contribution in [-0.2, 0) is 4.79 Å². The number of benzene rings is 2. The van der Waals surface area contributed by atoms with Crippen molar-refractivity contribution in [3.8, 4) is 11.5 Å². The van der Waals surface area contributed by atoms with Crippen LogP contribution in [0.5, 0.6) is 11.5 Å². The van der Waals surface area contributed by atoms with Crippen molar-refractivity contribution in [2.45, 2.75) is 13.3 Å². The third-order valence-corrected chi connectivity index (χ3v) is 5.75. The second-order valence-corrected chi connectivity index (χ2v) is 7.85. The summed E-state index contributed by atoms with van der Waals surface area (Å²) in [5, 5.41) is 13.5. The molecule has 2 aromatic rings. The number of anilines is 2. The number of phenols is 1. The summed E-state index contributed by atoms with van der Waals surface area (Å²) >= 11 is 0. The number of nitrogens with zero attached hydrogens (tertiary/aromatic N) is 4. The lowest BCUT2D eigenvalue weighted by atomic mass is 10.2. The summed E-state index contributed by atoms with van der Waals surface area (Å²) in [5.74, 6) is 1.96. The van der Waals surface area contributed by atoms with E-state index in [1.165, 1.54) is 0 Å². The first-order valence-electron chi connectivity index (χ1n) is 11.3. The third-order valence-electron chi connectivity index (χ3n) is 5.75. The summed E-state index contributed by atoms with van der Waals surface area (Å²) in [6.45, 7) is 7.50. The molecule has 1 saturated heterocycles. The van der Waals surface area contributed by atoms with Gasteiger partial charge in [0.15, 0.2) is 12.6 Å². The Kier molecular flexibility index (Phi) is 9.04. The van der Waals surface area contributed by atoms with Crippen LogP contribution in [-0.4, -0.2) is 74.3 Å². The number of carbonyl (C=O) groups is 1. The van der Waals surface area contributed by atoms with Crippen LogP contribution in [0.15, 0.2) is 53.5 Å². The van der Waals surface area contributed by atoms with Gasteiger partial charge in [0.05, 0.1) is 11.4 Å². The Morgan fingerprint density at radius 3 is 2.48 bits per heavy atom. The molecule has 0 saturated carbocycles. The number of rotatable bonds is 6. The topological polar surface area (TPSA) is 80.6 Å². The number of amides is 1. The highest BCUT2D eigenvalue weighted by molar-refractivity contribution is 14.0. The maximum Gasteiger partial charge on any atom is 0.265 e. The molecule has 2 aromatic carbocycles. The number of phenolic OH excluding ortho intramolecular Hbond substituents is 1. The second-order valence-electron chi connectivity index (χ2n) is 7.85. The molecule has 2 aliphatic heterocycles. The van der Waals surface area contributed by atoms with Gasteiger partial charge >= 0.3 is 0 Å². The van der Waals surface area contributed by atoms with Gasteiger partial charge in [-0.15, -0.1) is 24.0 Å². The van der Waals surface area contributed by atoms with E-state index in [1.54, 1.807) is 11.0 Å². The Morgan fingerprint density at radius 2 is 1.76 bits per heavy atom. The van der Waals surface area contributed by atoms with Crippen molar-refractivity contribution in [1.29, 1.82) is 0 Å². The molecule has 0 aliphatic carbocycles. The van der Waals surface area contributed by atoms with Crippen LogP contribution in [0.25, 0.3) is 0 Å². The zero-order valence-corrected chi connectivity index (χ0v) is 21.3. The highest BCUT2D eigenvalue weighted by Gasteiger charge is 2.25. The summed E-state index contributed by atoms with van der Waals surface area (Å²) in [5.41, 5.74) is 1.71. The van der Waals surface area contributed by atoms with E-state index in [-0.39, 0.29) is 36.5 Å². The van der Waals surface area contributed by atoms with Gasteiger partial charge in [-0.1, -0.05) is 24.3 Å². The number of piperazine rings is 1. The van der Waals surface area contributed by atoms with Crippen molar-refractivity contribution in [3.63, 3.8) is 0 Å². The Labute approximate surface area is 212 Å². The Balaban J connectivity index is 0.00000306. The van der Waals surface area contributed by atoms with Gasteiger partial charge < -0.3 is 29.9 Å². The fourth-order valence-electron chi connectivity index (χ4n) is 4.13. The number of carbonyl (C=O) groups excluding carboxylic acids is 1. The lowest BCUT2D eigenvalue weighted by Crippen LogP contribution is -2.52. The number of nitrogens with one attached hydrogen (secondary N) is 1. The minimum absolute atomic E-state index is 0. The fourth-order valence-corrected chi connectivity index (χ4v) is 4.13. The van der Waals surface area contributed by atoms with Crippen LogP contribution in [0.2, 0.25) is 0 Å². The first kappa shape index (κ1) is 24.9. The lowest BCUT2D eigenvalue weighted by Gasteiger charge is -2.38. The molecule has 4 rings (SSSR count). The van der Waals surface area contributed by atoms with Crippen LogP contribution in [0, 0.1) is 0 Å². The number of aliphatic imine (C=N–C) groups is 1. The van der Waals surface area contributed by atoms with Crippen molar-refractivity contribution in [2.24, 2.45) is 4.99 Å². The van der Waals surface area contributed by atoms with Gasteiger partial charge in [0.1, 0.15) is 11.5 Å². The predicted octanol–water partition coefficient (Wildman–Crippen LogP) is 2.91. The van der Waals surface area contributed by atoms with Crippen molar-refractivity contribution in [2.75, 3.05) is 62.2 Å². The van der Waals surface area contributed by atoms with Gasteiger partial charge in [-0.2, -0.15) is 0 Å². The number of fused-ring (bicyclic) bond motifs is 1. The molecule has 9 heteroatoms. The summed E-state index contributed by atoms with van der Waals surface area (Å²) in [6, 6.07) is 15.1. The SMILES string of the molecule is CCNC(=NCCCN1C(=O)COc2ccccc21)N1CCN(c2ccccc2O)CC1.I. The fraction of sp³-hybridized carbons (Fsp3) is 0.417. The number of aromatic hydroxyl groups is 1. The quantitative estimate of drug-likeness (QED) is 0.243. The molecule has 33 heavy (non-hydrogen) atoms. The van der Waals surface area contributed by atoms with E-state index in [2.05, 4.69) is 22.0 Å². The number of hydrogen-bond acceptors (Lipinski definition) is 5. The van der Waals surface area contributed by atoms with E-state index in [1.807, 2.05) is 42.5 Å². The van der Waals surface area contributed by atoms with Gasteiger partial charge in [0, 0.05) is 45.8 Å². The average molecular weight is 565 g/mol. The third kappa shape index (κ3) is 6.01. The molecule has 0 aromatic heterocycles. The van der Waals surface area contributed by atoms with Gasteiger partial charge in [-0.05, 0) is 37.6 Å². The highest BCUT2D eigenvalue weighted by Crippen LogP contribution is 2.31. The normalized spacial score (nSPS) is 16.1.